The van der Waals surface area contributed by atoms with Gasteiger partial charge in [0.05, 0.1) is 21.9 Å². The molecule has 0 saturated carbocycles. The predicted octanol–water partition coefficient (Wildman–Crippen LogP) is 2.93. The first kappa shape index (κ1) is 20.2. The van der Waals surface area contributed by atoms with E-state index < -0.39 is 0 Å². The second kappa shape index (κ2) is 9.13. The van der Waals surface area contributed by atoms with Gasteiger partial charge < -0.3 is 14.6 Å². The zero-order valence-electron chi connectivity index (χ0n) is 16.9. The maximum absolute atomic E-state index is 12.6. The molecule has 0 radical (unpaired) electrons. The zero-order valence-corrected chi connectivity index (χ0v) is 17.7. The van der Waals surface area contributed by atoms with E-state index in [9.17, 15) is 9.59 Å². The highest BCUT2D eigenvalue weighted by atomic mass is 32.1. The Morgan fingerprint density at radius 1 is 1.07 bits per heavy atom. The van der Waals surface area contributed by atoms with E-state index in [0.29, 0.717) is 20.5 Å². The number of hydrogen-bond acceptors (Lipinski definition) is 5. The van der Waals surface area contributed by atoms with Crippen molar-refractivity contribution >= 4 is 35.0 Å². The Morgan fingerprint density at radius 2 is 1.80 bits per heavy atom. The molecule has 3 aromatic rings. The first-order chi connectivity index (χ1) is 14.6. The van der Waals surface area contributed by atoms with Crippen LogP contribution in [0.1, 0.15) is 35.2 Å². The van der Waals surface area contributed by atoms with Crippen LogP contribution in [0.25, 0.3) is 12.2 Å². The number of nitrogens with zero attached hydrogens (tertiary/aromatic N) is 1. The van der Waals surface area contributed by atoms with Crippen LogP contribution in [-0.4, -0.2) is 31.0 Å². The van der Waals surface area contributed by atoms with E-state index in [-0.39, 0.29) is 11.3 Å². The van der Waals surface area contributed by atoms with Crippen molar-refractivity contribution in [3.63, 3.8) is 0 Å². The number of para-hydroxylation sites is 1. The molecule has 0 bridgehead atoms. The number of thiazole rings is 1. The molecule has 1 N–H and O–H groups in total. The largest absolute Gasteiger partial charge is 0.496 e. The van der Waals surface area contributed by atoms with Gasteiger partial charge in [0.2, 0.25) is 0 Å². The number of piperidine rings is 1. The van der Waals surface area contributed by atoms with Gasteiger partial charge in [0.25, 0.3) is 5.56 Å². The summed E-state index contributed by atoms with van der Waals surface area (Å²) in [6.07, 6.45) is 7.09. The summed E-state index contributed by atoms with van der Waals surface area (Å²) in [5.74, 6) is 0.306. The summed E-state index contributed by atoms with van der Waals surface area (Å²) in [6.45, 7) is 2.21. The molecule has 0 aliphatic carbocycles. The van der Waals surface area contributed by atoms with Crippen molar-refractivity contribution in [2.45, 2.75) is 19.3 Å². The second-order valence-electron chi connectivity index (χ2n) is 7.28. The third kappa shape index (κ3) is 4.54. The molecule has 0 spiro atoms. The number of aromatic nitrogens is 1. The van der Waals surface area contributed by atoms with E-state index in [0.717, 1.165) is 18.7 Å². The third-order valence-electron chi connectivity index (χ3n) is 5.23. The summed E-state index contributed by atoms with van der Waals surface area (Å²) in [4.78, 5) is 30.1. The minimum atomic E-state index is -0.206. The fraction of sp³-hybridized carbons (Fsp3) is 0.250. The molecule has 4 rings (SSSR count). The van der Waals surface area contributed by atoms with Crippen LogP contribution in [-0.2, 0) is 0 Å². The molecule has 1 saturated heterocycles. The van der Waals surface area contributed by atoms with Gasteiger partial charge in [-0.3, -0.25) is 9.59 Å². The zero-order chi connectivity index (χ0) is 20.9. The van der Waals surface area contributed by atoms with Gasteiger partial charge in [-0.25, -0.2) is 0 Å². The molecule has 1 aliphatic heterocycles. The van der Waals surface area contributed by atoms with Gasteiger partial charge in [0.1, 0.15) is 5.75 Å². The summed E-state index contributed by atoms with van der Waals surface area (Å²) in [6, 6.07) is 15.3. The van der Waals surface area contributed by atoms with E-state index >= 15 is 0 Å². The fourth-order valence-electron chi connectivity index (χ4n) is 3.65. The lowest BCUT2D eigenvalue weighted by Gasteiger charge is -2.28. The number of nitrogens with one attached hydrogen (secondary N) is 1. The van der Waals surface area contributed by atoms with E-state index in [1.807, 2.05) is 24.3 Å². The lowest BCUT2D eigenvalue weighted by atomic mass is 10.1. The van der Waals surface area contributed by atoms with Crippen molar-refractivity contribution in [1.82, 2.24) is 4.98 Å². The molecule has 154 valence electrons. The van der Waals surface area contributed by atoms with Gasteiger partial charge in [-0.15, -0.1) is 11.3 Å². The molecule has 0 amide bonds. The van der Waals surface area contributed by atoms with Crippen LogP contribution in [0, 0.1) is 0 Å². The van der Waals surface area contributed by atoms with Gasteiger partial charge in [0, 0.05) is 24.9 Å². The van der Waals surface area contributed by atoms with Crippen molar-refractivity contribution in [3.8, 4) is 5.75 Å². The Bertz CT molecular complexity index is 1200. The number of H-pyrrole nitrogens is 1. The molecule has 5 nitrogen and oxygen atoms in total. The molecular formula is C24H24N2O3S. The van der Waals surface area contributed by atoms with Crippen LogP contribution in [0.2, 0.25) is 0 Å². The molecule has 0 unspecified atom stereocenters. The number of hydrogen-bond donors (Lipinski definition) is 1. The summed E-state index contributed by atoms with van der Waals surface area (Å²) in [5.41, 5.74) is 2.46. The topological polar surface area (TPSA) is 62.4 Å². The number of ether oxygens (including phenoxy) is 1. The van der Waals surface area contributed by atoms with Crippen LogP contribution in [0.3, 0.4) is 0 Å². The number of Topliss-reactive ketones (excluding diaryl/α,β-unsaturated/α-hetero) is 1. The maximum Gasteiger partial charge on any atom is 0.266 e. The molecule has 1 aromatic heterocycles. The van der Waals surface area contributed by atoms with E-state index in [2.05, 4.69) is 22.0 Å². The van der Waals surface area contributed by atoms with Gasteiger partial charge in [-0.1, -0.05) is 24.3 Å². The van der Waals surface area contributed by atoms with Gasteiger partial charge in [0.15, 0.2) is 5.78 Å². The van der Waals surface area contributed by atoms with Crippen LogP contribution < -0.4 is 24.4 Å². The van der Waals surface area contributed by atoms with Crippen molar-refractivity contribution in [2.75, 3.05) is 25.1 Å². The monoisotopic (exact) mass is 420 g/mol. The smallest absolute Gasteiger partial charge is 0.266 e. The highest BCUT2D eigenvalue weighted by Crippen LogP contribution is 2.20. The van der Waals surface area contributed by atoms with Gasteiger partial charge in [-0.05, 0) is 55.2 Å². The Kier molecular flexibility index (Phi) is 6.14. The van der Waals surface area contributed by atoms with Gasteiger partial charge in [-0.2, -0.15) is 0 Å². The highest BCUT2D eigenvalue weighted by molar-refractivity contribution is 7.07. The number of carbonyl (C=O) groups excluding carboxylic acids is 1. The first-order valence-corrected chi connectivity index (χ1v) is 10.9. The molecule has 2 heterocycles. The second-order valence-corrected chi connectivity index (χ2v) is 8.36. The third-order valence-corrected chi connectivity index (χ3v) is 6.19. The Morgan fingerprint density at radius 3 is 2.53 bits per heavy atom. The van der Waals surface area contributed by atoms with Crippen LogP contribution in [0.15, 0.2) is 53.3 Å². The van der Waals surface area contributed by atoms with Crippen LogP contribution in [0.5, 0.6) is 5.75 Å². The lowest BCUT2D eigenvalue weighted by molar-refractivity contribution is 0.105. The number of aromatic amines is 1. The molecule has 30 heavy (non-hydrogen) atoms. The average molecular weight is 421 g/mol. The summed E-state index contributed by atoms with van der Waals surface area (Å²) < 4.78 is 6.34. The Labute approximate surface area is 179 Å². The average Bonchev–Trinajstić information content (AvgIpc) is 3.13. The van der Waals surface area contributed by atoms with Crippen molar-refractivity contribution < 1.29 is 9.53 Å². The molecular weight excluding hydrogens is 396 g/mol. The fourth-order valence-corrected chi connectivity index (χ4v) is 4.54. The minimum absolute atomic E-state index is 0.195. The van der Waals surface area contributed by atoms with Crippen molar-refractivity contribution in [1.29, 1.82) is 0 Å². The summed E-state index contributed by atoms with van der Waals surface area (Å²) >= 11 is 1.27. The van der Waals surface area contributed by atoms with Crippen molar-refractivity contribution in [3.05, 3.63) is 79.2 Å². The molecule has 0 atom stereocenters. The maximum atomic E-state index is 12.6. The quantitative estimate of drug-likeness (QED) is 0.645. The number of anilines is 1. The van der Waals surface area contributed by atoms with E-state index in [4.69, 9.17) is 4.74 Å². The Balaban J connectivity index is 1.59. The highest BCUT2D eigenvalue weighted by Gasteiger charge is 2.11. The summed E-state index contributed by atoms with van der Waals surface area (Å²) in [5, 5.41) is 0. The standard InChI is InChI=1S/C24H24N2O3S/c1-29-21-8-4-3-7-19(21)20(27)16-23-25-24(28)22(30-23)15-17-9-11-18(12-10-17)26-13-5-2-6-14-26/h3-4,7-12,15-16H,2,5-6,13-14H2,1H3,(H,25,28)/b22-15+,23-16+. The van der Waals surface area contributed by atoms with Gasteiger partial charge >= 0.3 is 0 Å². The molecule has 1 aliphatic rings. The number of benzene rings is 2. The number of ketones is 1. The summed E-state index contributed by atoms with van der Waals surface area (Å²) in [7, 11) is 1.53. The number of methoxy groups -OCH3 is 1. The van der Waals surface area contributed by atoms with Crippen molar-refractivity contribution in [2.24, 2.45) is 0 Å². The first-order valence-electron chi connectivity index (χ1n) is 10.1. The number of rotatable bonds is 5. The van der Waals surface area contributed by atoms with Crippen LogP contribution in [0.4, 0.5) is 5.69 Å². The predicted molar refractivity (Wildman–Crippen MR) is 122 cm³/mol. The molecule has 1 fully saturated rings. The SMILES string of the molecule is COc1ccccc1C(=O)/C=c1\[nH]c(=O)/c(=C\c2ccc(N3CCCCC3)cc2)s1. The normalized spacial score (nSPS) is 15.4. The molecule has 6 heteroatoms. The minimum Gasteiger partial charge on any atom is -0.496 e. The molecule has 2 aromatic carbocycles. The number of carbonyl (C=O) groups is 1. The van der Waals surface area contributed by atoms with Crippen LogP contribution >= 0.6 is 11.3 Å². The lowest BCUT2D eigenvalue weighted by Crippen LogP contribution is -2.29. The van der Waals surface area contributed by atoms with E-state index in [1.165, 1.54) is 49.5 Å². The Hall–Kier alpha value is -3.12. The van der Waals surface area contributed by atoms with E-state index in [1.54, 1.807) is 18.2 Å².